The first-order chi connectivity index (χ1) is 27.5. The Balaban J connectivity index is 2.48. The molecule has 1 heterocycles. The molecule has 17 nitrogen and oxygen atoms in total. The molecule has 0 saturated carbocycles. The highest BCUT2D eigenvalue weighted by Crippen LogP contribution is 2.28. The van der Waals surface area contributed by atoms with E-state index < -0.39 is 94.0 Å². The maximum absolute atomic E-state index is 14.9. The summed E-state index contributed by atoms with van der Waals surface area (Å²) in [6.07, 6.45) is 2.65. The fourth-order valence-corrected chi connectivity index (χ4v) is 7.68. The number of nitrogens with two attached hydrogens (primary N) is 1. The first kappa shape index (κ1) is 50.6. The van der Waals surface area contributed by atoms with Crippen molar-refractivity contribution in [2.24, 2.45) is 17.6 Å². The number of hydrogen-bond donors (Lipinski definition) is 7. The van der Waals surface area contributed by atoms with Gasteiger partial charge in [0, 0.05) is 41.3 Å². The maximum atomic E-state index is 14.9. The summed E-state index contributed by atoms with van der Waals surface area (Å²) in [5.41, 5.74) is 5.27. The number of nitrogens with zero attached hydrogens (tertiary/aromatic N) is 2. The van der Waals surface area contributed by atoms with E-state index in [1.54, 1.807) is 39.8 Å². The number of hydrogen-bond acceptors (Lipinski definition) is 10. The molecule has 1 aromatic carbocycles. The van der Waals surface area contributed by atoms with Crippen LogP contribution in [0.4, 0.5) is 0 Å². The van der Waals surface area contributed by atoms with E-state index in [1.807, 2.05) is 27.7 Å². The van der Waals surface area contributed by atoms with Crippen molar-refractivity contribution in [3.05, 3.63) is 29.8 Å². The van der Waals surface area contributed by atoms with Crippen LogP contribution in [-0.4, -0.2) is 133 Å². The van der Waals surface area contributed by atoms with E-state index >= 15 is 0 Å². The van der Waals surface area contributed by atoms with Gasteiger partial charge in [0.1, 0.15) is 42.0 Å². The molecule has 1 unspecified atom stereocenters. The van der Waals surface area contributed by atoms with Crippen LogP contribution in [0.2, 0.25) is 0 Å². The summed E-state index contributed by atoms with van der Waals surface area (Å²) in [7, 11) is -1.28. The lowest BCUT2D eigenvalue weighted by Crippen LogP contribution is -2.64. The van der Waals surface area contributed by atoms with E-state index in [0.29, 0.717) is 12.0 Å². The van der Waals surface area contributed by atoms with Gasteiger partial charge < -0.3 is 47.0 Å². The molecule has 18 heteroatoms. The minimum Gasteiger partial charge on any atom is -0.508 e. The first-order valence-corrected chi connectivity index (χ1v) is 22.1. The molecule has 0 bridgehead atoms. The van der Waals surface area contributed by atoms with Crippen LogP contribution < -0.4 is 27.0 Å². The Kier molecular flexibility index (Phi) is 19.9. The minimum atomic E-state index is -1.32. The molecule has 0 aliphatic carbocycles. The smallest absolute Gasteiger partial charge is 0.326 e. The van der Waals surface area contributed by atoms with Crippen LogP contribution in [0, 0.1) is 11.8 Å². The Labute approximate surface area is 350 Å². The standard InChI is InChI=1S/C41H67N7O10S/c1-10-28(35(51)45-29(40(56)57)17-19-59(9)58)44-36(52)30(20-24(2)3)46-37(53)32-12-11-18-47(32)39(55)33(22-26-13-15-27(49)16-14-26)48(41(6,7)8)38(54)31(21-25(4)5)43-34(50)23-42/h13-16,24-25,28-33,49H,10-12,17-23,42H2,1-9H3,(H,43,50)(H,44,52)(H,45,51)(H,46,53)(H,56,57)/t28-,29-,30-,31-,32-,33-,59?/m0/s1. The quantitative estimate of drug-likeness (QED) is 0.0872. The molecular weight excluding hydrogens is 783 g/mol. The molecule has 8 N–H and O–H groups in total. The molecule has 1 saturated heterocycles. The van der Waals surface area contributed by atoms with E-state index in [1.165, 1.54) is 28.2 Å². The molecule has 1 aliphatic rings. The fourth-order valence-electron chi connectivity index (χ4n) is 7.11. The van der Waals surface area contributed by atoms with Crippen molar-refractivity contribution in [2.75, 3.05) is 25.1 Å². The Morgan fingerprint density at radius 1 is 0.881 bits per heavy atom. The van der Waals surface area contributed by atoms with Crippen molar-refractivity contribution in [2.45, 2.75) is 142 Å². The second-order valence-electron chi connectivity index (χ2n) is 17.0. The van der Waals surface area contributed by atoms with Crippen molar-refractivity contribution >= 4 is 52.2 Å². The van der Waals surface area contributed by atoms with E-state index in [9.17, 15) is 48.0 Å². The number of carbonyl (C=O) groups is 7. The van der Waals surface area contributed by atoms with Gasteiger partial charge in [0.2, 0.25) is 35.4 Å². The molecule has 1 aliphatic heterocycles. The van der Waals surface area contributed by atoms with Crippen molar-refractivity contribution in [1.29, 1.82) is 0 Å². The molecule has 0 aromatic heterocycles. The highest BCUT2D eigenvalue weighted by atomic mass is 32.2. The molecule has 332 valence electrons. The number of phenolic OH excluding ortho intramolecular Hbond substituents is 1. The highest BCUT2D eigenvalue weighted by Gasteiger charge is 2.45. The summed E-state index contributed by atoms with van der Waals surface area (Å²) in [4.78, 5) is 97.8. The minimum absolute atomic E-state index is 0.0132. The topological polar surface area (TPSA) is 258 Å². The number of amides is 6. The van der Waals surface area contributed by atoms with Gasteiger partial charge in [-0.15, -0.1) is 0 Å². The average molecular weight is 850 g/mol. The number of benzene rings is 1. The third-order valence-electron chi connectivity index (χ3n) is 9.98. The lowest BCUT2D eigenvalue weighted by molar-refractivity contribution is -0.155. The van der Waals surface area contributed by atoms with E-state index in [-0.39, 0.29) is 75.0 Å². The second kappa shape index (κ2) is 23.3. The van der Waals surface area contributed by atoms with Gasteiger partial charge in [-0.3, -0.25) is 33.0 Å². The zero-order valence-electron chi connectivity index (χ0n) is 36.0. The van der Waals surface area contributed by atoms with Gasteiger partial charge in [-0.25, -0.2) is 4.79 Å². The number of carbonyl (C=O) groups excluding carboxylic acids is 6. The van der Waals surface area contributed by atoms with Crippen molar-refractivity contribution < 1.29 is 48.0 Å². The largest absolute Gasteiger partial charge is 0.508 e. The van der Waals surface area contributed by atoms with Crippen LogP contribution in [-0.2, 0) is 50.8 Å². The first-order valence-electron chi connectivity index (χ1n) is 20.3. The van der Waals surface area contributed by atoms with Gasteiger partial charge in [0.05, 0.1) is 6.54 Å². The molecule has 1 fully saturated rings. The predicted molar refractivity (Wildman–Crippen MR) is 224 cm³/mol. The predicted octanol–water partition coefficient (Wildman–Crippen LogP) is 1.17. The number of carboxylic acid groups (broad SMARTS) is 1. The molecule has 2 rings (SSSR count). The summed E-state index contributed by atoms with van der Waals surface area (Å²) in [6, 6.07) is -0.512. The Morgan fingerprint density at radius 2 is 1.44 bits per heavy atom. The van der Waals surface area contributed by atoms with E-state index in [2.05, 4.69) is 21.3 Å². The van der Waals surface area contributed by atoms with Crippen LogP contribution in [0.1, 0.15) is 99.5 Å². The molecule has 59 heavy (non-hydrogen) atoms. The van der Waals surface area contributed by atoms with Gasteiger partial charge in [-0.2, -0.15) is 0 Å². The normalized spacial score (nSPS) is 17.3. The van der Waals surface area contributed by atoms with Crippen LogP contribution in [0.3, 0.4) is 0 Å². The zero-order valence-corrected chi connectivity index (χ0v) is 36.9. The number of rotatable bonds is 22. The zero-order chi connectivity index (χ0) is 44.8. The number of aromatic hydroxyl groups is 1. The lowest BCUT2D eigenvalue weighted by Gasteiger charge is -2.44. The van der Waals surface area contributed by atoms with E-state index in [4.69, 9.17) is 5.73 Å². The SMILES string of the molecule is CC[C@H](NC(=O)[C@H](CC(C)C)NC(=O)[C@@H]1CCCN1C(=O)[C@H](Cc1ccc(O)cc1)N(C(=O)[C@H](CC(C)C)NC(=O)CN)C(C)(C)C)C(=O)N[C@@H](CCS(C)=O)C(=O)O. The summed E-state index contributed by atoms with van der Waals surface area (Å²) in [5, 5.41) is 30.2. The third kappa shape index (κ3) is 15.8. The monoisotopic (exact) mass is 849 g/mol. The average Bonchev–Trinajstić information content (AvgIpc) is 3.64. The summed E-state index contributed by atoms with van der Waals surface area (Å²) in [5.74, 6) is -4.90. The van der Waals surface area contributed by atoms with E-state index in [0.717, 1.165) is 0 Å². The highest BCUT2D eigenvalue weighted by molar-refractivity contribution is 7.84. The van der Waals surface area contributed by atoms with Crippen molar-refractivity contribution in [3.8, 4) is 5.75 Å². The van der Waals surface area contributed by atoms with Crippen LogP contribution >= 0.6 is 0 Å². The summed E-state index contributed by atoms with van der Waals surface area (Å²) < 4.78 is 11.6. The van der Waals surface area contributed by atoms with Gasteiger partial charge in [-0.05, 0) is 88.8 Å². The molecule has 0 radical (unpaired) electrons. The molecule has 7 atom stereocenters. The fraction of sp³-hybridized carbons (Fsp3) is 0.683. The summed E-state index contributed by atoms with van der Waals surface area (Å²) >= 11 is 0. The number of carboxylic acids is 1. The molecule has 6 amide bonds. The number of phenols is 1. The Bertz CT molecular complexity index is 1650. The van der Waals surface area contributed by atoms with Crippen molar-refractivity contribution in [1.82, 2.24) is 31.1 Å². The van der Waals surface area contributed by atoms with Gasteiger partial charge in [0.15, 0.2) is 0 Å². The third-order valence-corrected chi connectivity index (χ3v) is 10.8. The molecule has 0 spiro atoms. The number of likely N-dealkylation sites (tertiary alicyclic amines) is 1. The number of aliphatic carboxylic acids is 1. The molecule has 1 aromatic rings. The van der Waals surface area contributed by atoms with Crippen LogP contribution in [0.5, 0.6) is 5.75 Å². The van der Waals surface area contributed by atoms with Gasteiger partial charge in [0.25, 0.3) is 0 Å². The summed E-state index contributed by atoms with van der Waals surface area (Å²) in [6.45, 7) is 14.3. The van der Waals surface area contributed by atoms with Crippen molar-refractivity contribution in [3.63, 3.8) is 0 Å². The lowest BCUT2D eigenvalue weighted by atomic mass is 9.93. The Hall–Kier alpha value is -4.58. The number of nitrogens with one attached hydrogen (secondary N) is 4. The Morgan fingerprint density at radius 3 is 1.95 bits per heavy atom. The van der Waals surface area contributed by atoms with Crippen LogP contribution in [0.25, 0.3) is 0 Å². The van der Waals surface area contributed by atoms with Crippen LogP contribution in [0.15, 0.2) is 24.3 Å². The van der Waals surface area contributed by atoms with Gasteiger partial charge >= 0.3 is 5.97 Å². The second-order valence-corrected chi connectivity index (χ2v) is 18.6. The maximum Gasteiger partial charge on any atom is 0.326 e. The van der Waals surface area contributed by atoms with Gasteiger partial charge in [-0.1, -0.05) is 46.8 Å². The molecular formula is C41H67N7O10S.